The monoisotopic (exact) mass is 396 g/mol. The molecule has 0 unspecified atom stereocenters. The lowest BCUT2D eigenvalue weighted by Gasteiger charge is -2.11. The fraction of sp³-hybridized carbons (Fsp3) is 0.200. The molecular weight excluding hydrogens is 379 g/mol. The minimum absolute atomic E-state index is 0.183. The van der Waals surface area contributed by atoms with Crippen LogP contribution in [0.2, 0.25) is 0 Å². The number of halogens is 1. The largest absolute Gasteiger partial charge is 0.322 e. The van der Waals surface area contributed by atoms with E-state index in [4.69, 9.17) is 5.84 Å². The molecule has 4 N–H and O–H groups in total. The maximum atomic E-state index is 12.3. The van der Waals surface area contributed by atoms with E-state index in [9.17, 15) is 4.79 Å². The lowest BCUT2D eigenvalue weighted by Crippen LogP contribution is -2.16. The Morgan fingerprint density at radius 1 is 1.24 bits per heavy atom. The highest BCUT2D eigenvalue weighted by molar-refractivity contribution is 14.1. The average Bonchev–Trinajstić information content (AvgIpc) is 2.49. The highest BCUT2D eigenvalue weighted by Gasteiger charge is 2.12. The van der Waals surface area contributed by atoms with Crippen molar-refractivity contribution in [1.82, 2.24) is 4.98 Å². The van der Waals surface area contributed by atoms with Crippen molar-refractivity contribution < 1.29 is 4.79 Å². The molecule has 0 aliphatic heterocycles. The predicted octanol–water partition coefficient (Wildman–Crippen LogP) is 3.35. The van der Waals surface area contributed by atoms with Crippen LogP contribution in [0.15, 0.2) is 36.4 Å². The number of anilines is 2. The van der Waals surface area contributed by atoms with Crippen LogP contribution in [-0.4, -0.2) is 10.9 Å². The van der Waals surface area contributed by atoms with Crippen molar-refractivity contribution in [3.05, 3.63) is 51.2 Å². The Balaban J connectivity index is 2.25. The Morgan fingerprint density at radius 3 is 2.48 bits per heavy atom. The Kier molecular flexibility index (Phi) is 5.13. The molecule has 0 aliphatic rings. The molecule has 21 heavy (non-hydrogen) atoms. The smallest absolute Gasteiger partial charge is 0.255 e. The van der Waals surface area contributed by atoms with Crippen LogP contribution in [0.1, 0.15) is 35.8 Å². The molecule has 2 rings (SSSR count). The van der Waals surface area contributed by atoms with E-state index in [2.05, 4.69) is 38.3 Å². The number of hydrazine groups is 1. The summed E-state index contributed by atoms with van der Waals surface area (Å²) in [6, 6.07) is 11.0. The van der Waals surface area contributed by atoms with Gasteiger partial charge in [-0.3, -0.25) is 4.79 Å². The van der Waals surface area contributed by atoms with E-state index in [1.807, 2.05) is 38.1 Å². The van der Waals surface area contributed by atoms with Gasteiger partial charge in [0, 0.05) is 20.5 Å². The Labute approximate surface area is 137 Å². The van der Waals surface area contributed by atoms with Gasteiger partial charge < -0.3 is 10.7 Å². The third kappa shape index (κ3) is 4.15. The quantitative estimate of drug-likeness (QED) is 0.421. The van der Waals surface area contributed by atoms with Gasteiger partial charge >= 0.3 is 0 Å². The van der Waals surface area contributed by atoms with Gasteiger partial charge in [-0.05, 0) is 64.9 Å². The second kappa shape index (κ2) is 6.86. The van der Waals surface area contributed by atoms with Gasteiger partial charge in [-0.25, -0.2) is 10.8 Å². The number of benzene rings is 1. The van der Waals surface area contributed by atoms with Crippen molar-refractivity contribution >= 4 is 40.0 Å². The third-order valence-corrected chi connectivity index (χ3v) is 3.67. The van der Waals surface area contributed by atoms with Crippen molar-refractivity contribution in [1.29, 1.82) is 0 Å². The minimum Gasteiger partial charge on any atom is -0.322 e. The number of hydrogen-bond acceptors (Lipinski definition) is 4. The summed E-state index contributed by atoms with van der Waals surface area (Å²) in [6.07, 6.45) is 0. The summed E-state index contributed by atoms with van der Waals surface area (Å²) in [6.45, 7) is 4.03. The number of nitrogens with one attached hydrogen (secondary N) is 2. The first-order chi connectivity index (χ1) is 9.99. The summed E-state index contributed by atoms with van der Waals surface area (Å²) in [7, 11) is 0. The number of amides is 1. The fourth-order valence-corrected chi connectivity index (χ4v) is 2.15. The molecule has 110 valence electrons. The van der Waals surface area contributed by atoms with Gasteiger partial charge in [0.05, 0.1) is 0 Å². The molecule has 2 aromatic rings. The van der Waals surface area contributed by atoms with E-state index in [0.717, 1.165) is 15.0 Å². The normalized spacial score (nSPS) is 10.5. The van der Waals surface area contributed by atoms with Crippen LogP contribution in [0, 0.1) is 3.57 Å². The van der Waals surface area contributed by atoms with Gasteiger partial charge in [-0.15, -0.1) is 0 Å². The van der Waals surface area contributed by atoms with Gasteiger partial charge in [-0.2, -0.15) is 0 Å². The molecule has 5 nitrogen and oxygen atoms in total. The number of rotatable bonds is 4. The zero-order chi connectivity index (χ0) is 15.4. The second-order valence-electron chi connectivity index (χ2n) is 4.93. The number of nitrogens with zero attached hydrogens (tertiary/aromatic N) is 1. The van der Waals surface area contributed by atoms with Gasteiger partial charge in [-0.1, -0.05) is 13.8 Å². The third-order valence-electron chi connectivity index (χ3n) is 2.95. The standard InChI is InChI=1S/C15H17IN4O/c1-9(2)13-7-10(8-14(19-13)20-17)15(21)18-12-5-3-11(16)4-6-12/h3-9H,17H2,1-2H3,(H,18,21)(H,19,20). The van der Waals surface area contributed by atoms with E-state index in [0.29, 0.717) is 11.4 Å². The van der Waals surface area contributed by atoms with Crippen molar-refractivity contribution in [2.24, 2.45) is 5.84 Å². The van der Waals surface area contributed by atoms with E-state index in [1.54, 1.807) is 12.1 Å². The van der Waals surface area contributed by atoms with Crippen molar-refractivity contribution in [2.75, 3.05) is 10.7 Å². The number of carbonyl (C=O) groups excluding carboxylic acids is 1. The molecule has 1 aromatic carbocycles. The van der Waals surface area contributed by atoms with Crippen molar-refractivity contribution in [2.45, 2.75) is 19.8 Å². The van der Waals surface area contributed by atoms with Gasteiger partial charge in [0.1, 0.15) is 5.82 Å². The van der Waals surface area contributed by atoms with Gasteiger partial charge in [0.25, 0.3) is 5.91 Å². The van der Waals surface area contributed by atoms with Crippen LogP contribution in [0.5, 0.6) is 0 Å². The molecule has 6 heteroatoms. The number of carbonyl (C=O) groups is 1. The minimum atomic E-state index is -0.183. The topological polar surface area (TPSA) is 80.0 Å². The molecule has 0 saturated carbocycles. The first-order valence-corrected chi connectivity index (χ1v) is 7.63. The van der Waals surface area contributed by atoms with Gasteiger partial charge in [0.2, 0.25) is 0 Å². The summed E-state index contributed by atoms with van der Waals surface area (Å²) in [4.78, 5) is 16.7. The number of nitrogens with two attached hydrogens (primary N) is 1. The SMILES string of the molecule is CC(C)c1cc(C(=O)Nc2ccc(I)cc2)cc(NN)n1. The van der Waals surface area contributed by atoms with Crippen LogP contribution in [-0.2, 0) is 0 Å². The Bertz CT molecular complexity index is 641. The Morgan fingerprint density at radius 2 is 1.90 bits per heavy atom. The highest BCUT2D eigenvalue weighted by atomic mass is 127. The second-order valence-corrected chi connectivity index (χ2v) is 6.17. The van der Waals surface area contributed by atoms with Gasteiger partial charge in [0.15, 0.2) is 0 Å². The summed E-state index contributed by atoms with van der Waals surface area (Å²) < 4.78 is 1.12. The van der Waals surface area contributed by atoms with Crippen molar-refractivity contribution in [3.63, 3.8) is 0 Å². The number of nitrogen functional groups attached to an aromatic ring is 1. The molecule has 0 spiro atoms. The predicted molar refractivity (Wildman–Crippen MR) is 93.2 cm³/mol. The lowest BCUT2D eigenvalue weighted by atomic mass is 10.1. The van der Waals surface area contributed by atoms with Crippen LogP contribution in [0.4, 0.5) is 11.5 Å². The molecule has 0 bridgehead atoms. The first kappa shape index (κ1) is 15.7. The van der Waals surface area contributed by atoms with Crippen LogP contribution < -0.4 is 16.6 Å². The fourth-order valence-electron chi connectivity index (χ4n) is 1.79. The summed E-state index contributed by atoms with van der Waals surface area (Å²) in [5, 5.41) is 2.86. The maximum Gasteiger partial charge on any atom is 0.255 e. The van der Waals surface area contributed by atoms with E-state index in [1.165, 1.54) is 0 Å². The summed E-state index contributed by atoms with van der Waals surface area (Å²) >= 11 is 2.22. The van der Waals surface area contributed by atoms with Crippen molar-refractivity contribution in [3.8, 4) is 0 Å². The molecule has 0 saturated heterocycles. The molecular formula is C15H17IN4O. The molecule has 0 aliphatic carbocycles. The molecule has 1 heterocycles. The molecule has 0 radical (unpaired) electrons. The van der Waals surface area contributed by atoms with E-state index in [-0.39, 0.29) is 11.8 Å². The Hall–Kier alpha value is -1.67. The lowest BCUT2D eigenvalue weighted by molar-refractivity contribution is 0.102. The average molecular weight is 396 g/mol. The zero-order valence-corrected chi connectivity index (χ0v) is 14.0. The van der Waals surface area contributed by atoms with Crippen LogP contribution in [0.25, 0.3) is 0 Å². The number of pyridine rings is 1. The molecule has 1 aromatic heterocycles. The molecule has 1 amide bonds. The molecule has 0 fully saturated rings. The van der Waals surface area contributed by atoms with E-state index < -0.39 is 0 Å². The summed E-state index contributed by atoms with van der Waals surface area (Å²) in [5.74, 6) is 5.92. The molecule has 0 atom stereocenters. The zero-order valence-electron chi connectivity index (χ0n) is 11.9. The van der Waals surface area contributed by atoms with Crippen LogP contribution in [0.3, 0.4) is 0 Å². The number of hydrogen-bond donors (Lipinski definition) is 3. The maximum absolute atomic E-state index is 12.3. The van der Waals surface area contributed by atoms with Crippen LogP contribution >= 0.6 is 22.6 Å². The highest BCUT2D eigenvalue weighted by Crippen LogP contribution is 2.19. The number of aromatic nitrogens is 1. The first-order valence-electron chi connectivity index (χ1n) is 6.55. The van der Waals surface area contributed by atoms with E-state index >= 15 is 0 Å². The summed E-state index contributed by atoms with van der Waals surface area (Å²) in [5.41, 5.74) is 4.60.